The van der Waals surface area contributed by atoms with Gasteiger partial charge in [0.25, 0.3) is 5.91 Å². The van der Waals surface area contributed by atoms with Crippen molar-refractivity contribution in [3.63, 3.8) is 0 Å². The van der Waals surface area contributed by atoms with E-state index in [0.717, 1.165) is 24.5 Å². The van der Waals surface area contributed by atoms with E-state index in [0.29, 0.717) is 35.9 Å². The third kappa shape index (κ3) is 9.32. The van der Waals surface area contributed by atoms with Crippen molar-refractivity contribution in [1.82, 2.24) is 10.0 Å². The van der Waals surface area contributed by atoms with E-state index < -0.39 is 86.5 Å². The predicted octanol–water partition coefficient (Wildman–Crippen LogP) is 7.37. The van der Waals surface area contributed by atoms with Gasteiger partial charge in [0.05, 0.1) is 17.4 Å². The zero-order valence-corrected chi connectivity index (χ0v) is 26.4. The topological polar surface area (TPSA) is 84.5 Å². The lowest BCUT2D eigenvalue weighted by molar-refractivity contribution is -0.253. The molecule has 0 bridgehead atoms. The Balaban J connectivity index is 2.00. The number of sulfonamides is 1. The third-order valence-electron chi connectivity index (χ3n) is 7.34. The molecule has 0 aliphatic rings. The van der Waals surface area contributed by atoms with Gasteiger partial charge in [-0.3, -0.25) is 4.79 Å². The summed E-state index contributed by atoms with van der Waals surface area (Å²) < 4.78 is 169. The summed E-state index contributed by atoms with van der Waals surface area (Å²) in [6.07, 6.45) is -14.6. The highest BCUT2D eigenvalue weighted by atomic mass is 32.2. The Morgan fingerprint density at radius 1 is 0.820 bits per heavy atom. The molecular formula is C33H26F10N2O4S. The quantitative estimate of drug-likeness (QED) is 0.141. The number of halogens is 10. The smallest absolute Gasteiger partial charge is 0.428 e. The fourth-order valence-corrected chi connectivity index (χ4v) is 5.56. The van der Waals surface area contributed by atoms with Gasteiger partial charge in [0.2, 0.25) is 10.0 Å². The minimum Gasteiger partial charge on any atom is -0.428 e. The van der Waals surface area contributed by atoms with Gasteiger partial charge in [0, 0.05) is 24.6 Å². The second kappa shape index (κ2) is 14.7. The van der Waals surface area contributed by atoms with Crippen LogP contribution < -0.4 is 14.8 Å². The standard InChI is InChI=1S/C33H26F10N2O4S/c1-50(47,48)44-12-11-20-13-22(8-10-27(20)35)31(18-19-5-3-2-4-6-19,23-15-24(34)17-25(16-23)49-33(42,43)30(37)38)45-29(46)21-7-9-28(36)26(14-21)32(39,40)41/h2-10,13-17,30,44H,11-12,18H2,1H3,(H,45,46). The van der Waals surface area contributed by atoms with E-state index in [9.17, 15) is 48.3 Å². The molecule has 1 atom stereocenters. The zero-order valence-electron chi connectivity index (χ0n) is 25.6. The molecule has 6 nitrogen and oxygen atoms in total. The summed E-state index contributed by atoms with van der Waals surface area (Å²) in [5.74, 6) is -6.40. The van der Waals surface area contributed by atoms with Crippen molar-refractivity contribution < 1.29 is 61.9 Å². The van der Waals surface area contributed by atoms with E-state index >= 15 is 8.78 Å². The third-order valence-corrected chi connectivity index (χ3v) is 8.07. The molecule has 4 rings (SSSR count). The highest BCUT2D eigenvalue weighted by molar-refractivity contribution is 7.88. The van der Waals surface area contributed by atoms with Crippen molar-refractivity contribution in [2.75, 3.05) is 12.8 Å². The maximum absolute atomic E-state index is 15.2. The summed E-state index contributed by atoms with van der Waals surface area (Å²) in [5, 5.41) is 2.47. The van der Waals surface area contributed by atoms with Crippen LogP contribution in [0.15, 0.2) is 84.9 Å². The average molecular weight is 737 g/mol. The lowest BCUT2D eigenvalue weighted by Crippen LogP contribution is -2.49. The monoisotopic (exact) mass is 736 g/mol. The number of hydrogen-bond donors (Lipinski definition) is 2. The van der Waals surface area contributed by atoms with Gasteiger partial charge < -0.3 is 10.1 Å². The number of benzene rings is 4. The average Bonchev–Trinajstić information content (AvgIpc) is 3.00. The molecule has 0 saturated carbocycles. The van der Waals surface area contributed by atoms with Crippen LogP contribution in [0.1, 0.15) is 38.2 Å². The summed E-state index contributed by atoms with van der Waals surface area (Å²) in [7, 11) is -3.73. The Morgan fingerprint density at radius 3 is 2.10 bits per heavy atom. The largest absolute Gasteiger partial charge is 0.461 e. The fraction of sp³-hybridized carbons (Fsp3) is 0.242. The highest BCUT2D eigenvalue weighted by Gasteiger charge is 2.45. The molecule has 0 aromatic heterocycles. The van der Waals surface area contributed by atoms with Gasteiger partial charge in [-0.2, -0.15) is 30.7 Å². The second-order valence-electron chi connectivity index (χ2n) is 11.1. The van der Waals surface area contributed by atoms with Gasteiger partial charge >= 0.3 is 18.7 Å². The van der Waals surface area contributed by atoms with Gasteiger partial charge in [-0.05, 0) is 65.1 Å². The van der Waals surface area contributed by atoms with Crippen molar-refractivity contribution >= 4 is 15.9 Å². The minimum atomic E-state index is -5.24. The minimum absolute atomic E-state index is 0.138. The number of carbonyl (C=O) groups is 1. The summed E-state index contributed by atoms with van der Waals surface area (Å²) in [5.41, 5.74) is -5.26. The van der Waals surface area contributed by atoms with Crippen molar-refractivity contribution in [2.24, 2.45) is 0 Å². The SMILES string of the molecule is CS(=O)(=O)NCCc1cc(C(Cc2ccccc2)(NC(=O)c2ccc(F)c(C(F)(F)F)c2)c2cc(F)cc(OC(F)(F)C(F)F)c2)ccc1F. The van der Waals surface area contributed by atoms with E-state index in [2.05, 4.69) is 14.8 Å². The Labute approximate surface area is 279 Å². The molecule has 50 heavy (non-hydrogen) atoms. The molecule has 0 saturated heterocycles. The van der Waals surface area contributed by atoms with Crippen LogP contribution in [0.2, 0.25) is 0 Å². The van der Waals surface area contributed by atoms with Gasteiger partial charge in [-0.1, -0.05) is 42.5 Å². The lowest BCUT2D eigenvalue weighted by atomic mass is 9.76. The van der Waals surface area contributed by atoms with E-state index in [4.69, 9.17) is 0 Å². The molecule has 1 amide bonds. The van der Waals surface area contributed by atoms with Gasteiger partial charge in [0.15, 0.2) is 0 Å². The molecule has 0 heterocycles. The molecule has 4 aromatic carbocycles. The van der Waals surface area contributed by atoms with Crippen LogP contribution in [-0.2, 0) is 34.6 Å². The number of rotatable bonds is 13. The lowest BCUT2D eigenvalue weighted by Gasteiger charge is -2.37. The first-order valence-electron chi connectivity index (χ1n) is 14.3. The van der Waals surface area contributed by atoms with Crippen molar-refractivity contribution in [3.05, 3.63) is 136 Å². The van der Waals surface area contributed by atoms with Crippen LogP contribution in [0, 0.1) is 17.5 Å². The fourth-order valence-electron chi connectivity index (χ4n) is 5.08. The van der Waals surface area contributed by atoms with Crippen LogP contribution in [0.3, 0.4) is 0 Å². The van der Waals surface area contributed by atoms with Crippen LogP contribution in [-0.4, -0.2) is 39.7 Å². The molecule has 4 aromatic rings. The maximum atomic E-state index is 15.2. The normalized spacial score (nSPS) is 13.6. The number of ether oxygens (including phenoxy) is 1. The Bertz CT molecular complexity index is 1960. The Kier molecular flexibility index (Phi) is 11.2. The molecular weight excluding hydrogens is 710 g/mol. The zero-order chi connectivity index (χ0) is 37.1. The number of nitrogens with one attached hydrogen (secondary N) is 2. The van der Waals surface area contributed by atoms with Crippen LogP contribution in [0.5, 0.6) is 5.75 Å². The molecule has 17 heteroatoms. The summed E-state index contributed by atoms with van der Waals surface area (Å²) in [6.45, 7) is -0.326. The van der Waals surface area contributed by atoms with Crippen LogP contribution >= 0.6 is 0 Å². The Hall–Kier alpha value is -4.64. The first-order chi connectivity index (χ1) is 23.2. The van der Waals surface area contributed by atoms with Crippen LogP contribution in [0.4, 0.5) is 43.9 Å². The molecule has 0 aliphatic heterocycles. The second-order valence-corrected chi connectivity index (χ2v) is 12.9. The van der Waals surface area contributed by atoms with E-state index in [-0.39, 0.29) is 30.2 Å². The maximum Gasteiger partial charge on any atom is 0.461 e. The summed E-state index contributed by atoms with van der Waals surface area (Å²) in [6, 6.07) is 13.8. The number of amides is 1. The highest BCUT2D eigenvalue weighted by Crippen LogP contribution is 2.39. The van der Waals surface area contributed by atoms with E-state index in [1.54, 1.807) is 6.07 Å². The van der Waals surface area contributed by atoms with Gasteiger partial charge in [-0.25, -0.2) is 26.3 Å². The van der Waals surface area contributed by atoms with Crippen molar-refractivity contribution in [1.29, 1.82) is 0 Å². The van der Waals surface area contributed by atoms with E-state index in [1.165, 1.54) is 24.3 Å². The molecule has 268 valence electrons. The number of hydrogen-bond acceptors (Lipinski definition) is 4. The first-order valence-corrected chi connectivity index (χ1v) is 16.2. The molecule has 2 N–H and O–H groups in total. The molecule has 0 radical (unpaired) electrons. The molecule has 0 spiro atoms. The van der Waals surface area contributed by atoms with Crippen LogP contribution in [0.25, 0.3) is 0 Å². The van der Waals surface area contributed by atoms with E-state index in [1.807, 2.05) is 0 Å². The molecule has 0 fully saturated rings. The van der Waals surface area contributed by atoms with Gasteiger partial charge in [0.1, 0.15) is 23.2 Å². The van der Waals surface area contributed by atoms with Gasteiger partial charge in [-0.15, -0.1) is 0 Å². The predicted molar refractivity (Wildman–Crippen MR) is 161 cm³/mol. The summed E-state index contributed by atoms with van der Waals surface area (Å²) in [4.78, 5) is 13.8. The Morgan fingerprint density at radius 2 is 1.48 bits per heavy atom. The molecule has 1 unspecified atom stereocenters. The van der Waals surface area contributed by atoms with Crippen molar-refractivity contribution in [3.8, 4) is 5.75 Å². The summed E-state index contributed by atoms with van der Waals surface area (Å²) >= 11 is 0. The number of carbonyl (C=O) groups excluding carboxylic acids is 1. The first kappa shape index (κ1) is 38.2. The molecule has 0 aliphatic carbocycles. The van der Waals surface area contributed by atoms with Crippen molar-refractivity contribution in [2.45, 2.75) is 37.1 Å². The number of alkyl halides is 7.